The Balaban J connectivity index is 0.00000256. The molecule has 0 aliphatic carbocycles. The van der Waals surface area contributed by atoms with Gasteiger partial charge in [-0.25, -0.2) is 0 Å². The lowest BCUT2D eigenvalue weighted by Crippen LogP contribution is -2.43. The number of aryl methyl sites for hydroxylation is 1. The maximum atomic E-state index is 11.4. The molecule has 0 aliphatic heterocycles. The first-order valence-electron chi connectivity index (χ1n) is 5.61. The predicted molar refractivity (Wildman–Crippen MR) is 73.4 cm³/mol. The molecular formula is C13H21ClN2O. The molecule has 1 aromatic rings. The molecule has 1 amide bonds. The van der Waals surface area contributed by atoms with Gasteiger partial charge in [-0.2, -0.15) is 0 Å². The van der Waals surface area contributed by atoms with Crippen molar-refractivity contribution < 1.29 is 4.79 Å². The molecule has 0 aromatic heterocycles. The van der Waals surface area contributed by atoms with E-state index in [4.69, 9.17) is 5.73 Å². The van der Waals surface area contributed by atoms with E-state index in [2.05, 4.69) is 24.4 Å². The van der Waals surface area contributed by atoms with Crippen molar-refractivity contribution in [1.82, 2.24) is 5.32 Å². The minimum Gasteiger partial charge on any atom is -0.352 e. The first-order chi connectivity index (χ1) is 7.50. The predicted octanol–water partition coefficient (Wildman–Crippen LogP) is 1.81. The van der Waals surface area contributed by atoms with Gasteiger partial charge in [0.1, 0.15) is 0 Å². The molecule has 1 unspecified atom stereocenters. The third-order valence-corrected chi connectivity index (χ3v) is 2.59. The van der Waals surface area contributed by atoms with E-state index in [1.54, 1.807) is 6.92 Å². The lowest BCUT2D eigenvalue weighted by atomic mass is 10.0. The first kappa shape index (κ1) is 15.9. The lowest BCUT2D eigenvalue weighted by molar-refractivity contribution is -0.122. The largest absolute Gasteiger partial charge is 0.352 e. The zero-order valence-electron chi connectivity index (χ0n) is 10.6. The minimum absolute atomic E-state index is 0. The number of benzene rings is 1. The molecule has 0 heterocycles. The van der Waals surface area contributed by atoms with Crippen molar-refractivity contribution in [2.75, 3.05) is 0 Å². The molecule has 0 aliphatic rings. The zero-order chi connectivity index (χ0) is 12.1. The standard InChI is InChI=1S/C13H20N2O.ClH/c1-9-6-4-5-7-12(9)8-10(2)15-13(16)11(3)14;/h4-7,10-11H,8,14H2,1-3H3,(H,15,16);1H/t10?,11-;/m1./s1. The Labute approximate surface area is 109 Å². The Morgan fingerprint density at radius 1 is 1.35 bits per heavy atom. The number of carbonyl (C=O) groups is 1. The molecule has 1 rings (SSSR count). The van der Waals surface area contributed by atoms with E-state index < -0.39 is 6.04 Å². The van der Waals surface area contributed by atoms with Gasteiger partial charge in [-0.3, -0.25) is 4.79 Å². The van der Waals surface area contributed by atoms with Gasteiger partial charge >= 0.3 is 0 Å². The van der Waals surface area contributed by atoms with Crippen LogP contribution in [0.15, 0.2) is 24.3 Å². The molecule has 17 heavy (non-hydrogen) atoms. The highest BCUT2D eigenvalue weighted by molar-refractivity contribution is 5.85. The Morgan fingerprint density at radius 3 is 2.47 bits per heavy atom. The average Bonchev–Trinajstić information content (AvgIpc) is 2.21. The number of hydrogen-bond acceptors (Lipinski definition) is 2. The van der Waals surface area contributed by atoms with Crippen molar-refractivity contribution in [2.45, 2.75) is 39.3 Å². The fourth-order valence-electron chi connectivity index (χ4n) is 1.59. The number of carbonyl (C=O) groups excluding carboxylic acids is 1. The first-order valence-corrected chi connectivity index (χ1v) is 5.61. The maximum absolute atomic E-state index is 11.4. The Morgan fingerprint density at radius 2 is 1.94 bits per heavy atom. The molecule has 0 saturated carbocycles. The Bertz CT molecular complexity index is 366. The van der Waals surface area contributed by atoms with E-state index >= 15 is 0 Å². The van der Waals surface area contributed by atoms with Crippen molar-refractivity contribution >= 4 is 18.3 Å². The number of rotatable bonds is 4. The molecule has 96 valence electrons. The number of amides is 1. The highest BCUT2D eigenvalue weighted by Gasteiger charge is 2.11. The van der Waals surface area contributed by atoms with Crippen LogP contribution >= 0.6 is 12.4 Å². The summed E-state index contributed by atoms with van der Waals surface area (Å²) in [6.07, 6.45) is 0.838. The van der Waals surface area contributed by atoms with Gasteiger partial charge in [-0.1, -0.05) is 24.3 Å². The van der Waals surface area contributed by atoms with E-state index in [0.29, 0.717) is 0 Å². The van der Waals surface area contributed by atoms with Gasteiger partial charge in [0.25, 0.3) is 0 Å². The second-order valence-electron chi connectivity index (χ2n) is 4.33. The second kappa shape index (κ2) is 7.30. The monoisotopic (exact) mass is 256 g/mol. The van der Waals surface area contributed by atoms with Crippen molar-refractivity contribution in [3.8, 4) is 0 Å². The highest BCUT2D eigenvalue weighted by atomic mass is 35.5. The number of halogens is 1. The fraction of sp³-hybridized carbons (Fsp3) is 0.462. The van der Waals surface area contributed by atoms with E-state index in [1.165, 1.54) is 11.1 Å². The van der Waals surface area contributed by atoms with Crippen LogP contribution in [0.4, 0.5) is 0 Å². The molecular weight excluding hydrogens is 236 g/mol. The molecule has 0 fully saturated rings. The van der Waals surface area contributed by atoms with Crippen molar-refractivity contribution in [2.24, 2.45) is 5.73 Å². The van der Waals surface area contributed by atoms with Crippen LogP contribution in [-0.4, -0.2) is 18.0 Å². The van der Waals surface area contributed by atoms with E-state index in [0.717, 1.165) is 6.42 Å². The van der Waals surface area contributed by atoms with Crippen LogP contribution in [0.1, 0.15) is 25.0 Å². The van der Waals surface area contributed by atoms with Crippen LogP contribution in [0.5, 0.6) is 0 Å². The van der Waals surface area contributed by atoms with Gasteiger partial charge < -0.3 is 11.1 Å². The quantitative estimate of drug-likeness (QED) is 0.863. The maximum Gasteiger partial charge on any atom is 0.236 e. The summed E-state index contributed by atoms with van der Waals surface area (Å²) in [5.74, 6) is -0.0962. The van der Waals surface area contributed by atoms with Gasteiger partial charge in [0.05, 0.1) is 6.04 Å². The summed E-state index contributed by atoms with van der Waals surface area (Å²) in [4.78, 5) is 11.4. The average molecular weight is 257 g/mol. The van der Waals surface area contributed by atoms with Crippen LogP contribution in [0, 0.1) is 6.92 Å². The van der Waals surface area contributed by atoms with Crippen molar-refractivity contribution in [3.05, 3.63) is 35.4 Å². The second-order valence-corrected chi connectivity index (χ2v) is 4.33. The van der Waals surface area contributed by atoms with Crippen LogP contribution in [0.2, 0.25) is 0 Å². The summed E-state index contributed by atoms with van der Waals surface area (Å²) in [6, 6.07) is 7.87. The van der Waals surface area contributed by atoms with Gasteiger partial charge in [0.15, 0.2) is 0 Å². The molecule has 0 radical (unpaired) electrons. The summed E-state index contributed by atoms with van der Waals surface area (Å²) in [5.41, 5.74) is 8.01. The van der Waals surface area contributed by atoms with Gasteiger partial charge in [-0.05, 0) is 38.3 Å². The van der Waals surface area contributed by atoms with Gasteiger partial charge in [0.2, 0.25) is 5.91 Å². The summed E-state index contributed by atoms with van der Waals surface area (Å²) in [7, 11) is 0. The third kappa shape index (κ3) is 5.20. The van der Waals surface area contributed by atoms with Crippen LogP contribution < -0.4 is 11.1 Å². The van der Waals surface area contributed by atoms with Gasteiger partial charge in [-0.15, -0.1) is 12.4 Å². The molecule has 4 heteroatoms. The molecule has 0 saturated heterocycles. The zero-order valence-corrected chi connectivity index (χ0v) is 11.4. The Kier molecular flexibility index (Phi) is 6.85. The van der Waals surface area contributed by atoms with E-state index in [-0.39, 0.29) is 24.4 Å². The summed E-state index contributed by atoms with van der Waals surface area (Å²) in [5, 5.41) is 2.89. The number of hydrogen-bond donors (Lipinski definition) is 2. The normalized spacial score (nSPS) is 13.4. The summed E-state index contributed by atoms with van der Waals surface area (Å²) >= 11 is 0. The highest BCUT2D eigenvalue weighted by Crippen LogP contribution is 2.09. The summed E-state index contributed by atoms with van der Waals surface area (Å²) < 4.78 is 0. The van der Waals surface area contributed by atoms with Gasteiger partial charge in [0, 0.05) is 6.04 Å². The number of nitrogens with two attached hydrogens (primary N) is 1. The molecule has 0 bridgehead atoms. The molecule has 3 N–H and O–H groups in total. The topological polar surface area (TPSA) is 55.1 Å². The molecule has 0 spiro atoms. The van der Waals surface area contributed by atoms with Crippen LogP contribution in [-0.2, 0) is 11.2 Å². The van der Waals surface area contributed by atoms with E-state index in [1.807, 2.05) is 19.1 Å². The van der Waals surface area contributed by atoms with Crippen LogP contribution in [0.25, 0.3) is 0 Å². The Hall–Kier alpha value is -1.06. The van der Waals surface area contributed by atoms with Crippen molar-refractivity contribution in [1.29, 1.82) is 0 Å². The fourth-order valence-corrected chi connectivity index (χ4v) is 1.59. The SMILES string of the molecule is Cc1ccccc1CC(C)NC(=O)[C@@H](C)N.Cl. The van der Waals surface area contributed by atoms with Crippen molar-refractivity contribution in [3.63, 3.8) is 0 Å². The molecule has 1 aromatic carbocycles. The van der Waals surface area contributed by atoms with E-state index in [9.17, 15) is 4.79 Å². The molecule has 3 nitrogen and oxygen atoms in total. The van der Waals surface area contributed by atoms with Crippen LogP contribution in [0.3, 0.4) is 0 Å². The summed E-state index contributed by atoms with van der Waals surface area (Å²) in [6.45, 7) is 5.76. The molecule has 2 atom stereocenters. The lowest BCUT2D eigenvalue weighted by Gasteiger charge is -2.16. The smallest absolute Gasteiger partial charge is 0.236 e. The minimum atomic E-state index is -0.445. The third-order valence-electron chi connectivity index (χ3n) is 2.59. The number of nitrogens with one attached hydrogen (secondary N) is 1.